The van der Waals surface area contributed by atoms with Crippen LogP contribution in [-0.4, -0.2) is 75.8 Å². The number of piperazine rings is 1. The number of hydrogen-bond acceptors (Lipinski definition) is 8. The first-order chi connectivity index (χ1) is 17.2. The lowest BCUT2D eigenvalue weighted by atomic mass is 10.0. The topological polar surface area (TPSA) is 101 Å². The number of fused-ring (bicyclic) bond motifs is 1. The van der Waals surface area contributed by atoms with Gasteiger partial charge in [-0.2, -0.15) is 4.31 Å². The molecular weight excluding hydrogens is 500 g/mol. The van der Waals surface area contributed by atoms with Crippen molar-refractivity contribution in [3.05, 3.63) is 35.8 Å². The lowest BCUT2D eigenvalue weighted by molar-refractivity contribution is -0.119. The fraction of sp³-hybridized carbons (Fsp3) is 0.440. The van der Waals surface area contributed by atoms with Crippen molar-refractivity contribution in [2.24, 2.45) is 5.92 Å². The second-order valence-electron chi connectivity index (χ2n) is 9.30. The molecule has 1 N–H and O–H groups in total. The van der Waals surface area contributed by atoms with Gasteiger partial charge in [0.2, 0.25) is 15.9 Å². The summed E-state index contributed by atoms with van der Waals surface area (Å²) < 4.78 is 38.3. The monoisotopic (exact) mass is 530 g/mol. The third-order valence-electron chi connectivity index (χ3n) is 6.94. The zero-order chi connectivity index (χ0) is 25.4. The first-order valence-corrected chi connectivity index (χ1v) is 14.6. The molecule has 2 aliphatic heterocycles. The number of anilines is 1. The molecule has 0 radical (unpaired) electrons. The van der Waals surface area contributed by atoms with Crippen LogP contribution in [0.4, 0.5) is 5.69 Å². The molecule has 192 valence electrons. The Morgan fingerprint density at radius 3 is 2.53 bits per heavy atom. The fourth-order valence-electron chi connectivity index (χ4n) is 4.83. The maximum atomic E-state index is 11.9. The number of thiazole rings is 1. The van der Waals surface area contributed by atoms with Crippen molar-refractivity contribution in [3.8, 4) is 22.6 Å². The zero-order valence-corrected chi connectivity index (χ0v) is 22.2. The van der Waals surface area contributed by atoms with Gasteiger partial charge in [0, 0.05) is 45.1 Å². The average Bonchev–Trinajstić information content (AvgIpc) is 3.52. The molecule has 2 atom stereocenters. The van der Waals surface area contributed by atoms with Crippen LogP contribution in [0.3, 0.4) is 0 Å². The first kappa shape index (κ1) is 24.8. The molecule has 1 aromatic heterocycles. The van der Waals surface area contributed by atoms with Crippen LogP contribution in [0.25, 0.3) is 21.3 Å². The van der Waals surface area contributed by atoms with Gasteiger partial charge < -0.3 is 19.7 Å². The Bertz CT molecular complexity index is 1380. The number of amides is 1. The Morgan fingerprint density at radius 2 is 1.86 bits per heavy atom. The van der Waals surface area contributed by atoms with E-state index in [-0.39, 0.29) is 17.9 Å². The summed E-state index contributed by atoms with van der Waals surface area (Å²) in [6.07, 6.45) is 1.61. The van der Waals surface area contributed by atoms with Gasteiger partial charge in [0.25, 0.3) is 0 Å². The molecule has 2 saturated heterocycles. The van der Waals surface area contributed by atoms with Crippen LogP contribution in [-0.2, 0) is 14.8 Å². The summed E-state index contributed by atoms with van der Waals surface area (Å²) in [6, 6.07) is 10.1. The van der Waals surface area contributed by atoms with Crippen molar-refractivity contribution < 1.29 is 22.7 Å². The zero-order valence-electron chi connectivity index (χ0n) is 20.6. The normalized spacial score (nSPS) is 19.9. The summed E-state index contributed by atoms with van der Waals surface area (Å²) in [5, 5.41) is 2.88. The lowest BCUT2D eigenvalue weighted by Gasteiger charge is -2.35. The molecule has 3 heterocycles. The van der Waals surface area contributed by atoms with Crippen LogP contribution >= 0.6 is 11.3 Å². The highest BCUT2D eigenvalue weighted by molar-refractivity contribution is 7.88. The predicted molar refractivity (Wildman–Crippen MR) is 141 cm³/mol. The highest BCUT2D eigenvalue weighted by Crippen LogP contribution is 2.39. The minimum absolute atomic E-state index is 0.0667. The molecule has 0 aliphatic carbocycles. The molecule has 9 nitrogen and oxygen atoms in total. The van der Waals surface area contributed by atoms with Gasteiger partial charge in [-0.05, 0) is 42.3 Å². The number of ether oxygens (including phenoxy) is 2. The second kappa shape index (κ2) is 9.87. The lowest BCUT2D eigenvalue weighted by Crippen LogP contribution is -2.48. The van der Waals surface area contributed by atoms with Crippen LogP contribution in [0, 0.1) is 5.92 Å². The Hall–Kier alpha value is -2.89. The summed E-state index contributed by atoms with van der Waals surface area (Å²) in [7, 11) is -1.54. The smallest absolute Gasteiger partial charge is 0.220 e. The number of sulfonamides is 1. The first-order valence-electron chi connectivity index (χ1n) is 11.9. The van der Waals surface area contributed by atoms with Crippen LogP contribution in [0.15, 0.2) is 35.8 Å². The van der Waals surface area contributed by atoms with Gasteiger partial charge in [-0.15, -0.1) is 11.3 Å². The SMILES string of the molecule is COc1cc(-c2cc(O[C@H](C)[C@H]3CNC(=O)C3)c3scnc3c2)ccc1N1CCN(S(C)(=O)=O)CC1. The van der Waals surface area contributed by atoms with Gasteiger partial charge in [0.15, 0.2) is 0 Å². The van der Waals surface area contributed by atoms with Crippen molar-refractivity contribution in [2.75, 3.05) is 51.0 Å². The van der Waals surface area contributed by atoms with Gasteiger partial charge in [-0.25, -0.2) is 13.4 Å². The van der Waals surface area contributed by atoms with Crippen molar-refractivity contribution in [1.82, 2.24) is 14.6 Å². The standard InChI is InChI=1S/C25H30N4O5S2/c1-16(19-13-24(30)26-14-19)34-23-12-18(10-20-25(23)35-15-27-20)17-4-5-21(22(11-17)33-2)28-6-8-29(9-7-28)36(3,31)32/h4-5,10-12,15-16,19H,6-9,13-14H2,1-3H3,(H,26,30)/t16-,19-/m1/s1. The van der Waals surface area contributed by atoms with E-state index in [4.69, 9.17) is 9.47 Å². The van der Waals surface area contributed by atoms with Gasteiger partial charge in [-0.3, -0.25) is 4.79 Å². The highest BCUT2D eigenvalue weighted by atomic mass is 32.2. The van der Waals surface area contributed by atoms with E-state index in [9.17, 15) is 13.2 Å². The number of methoxy groups -OCH3 is 1. The van der Waals surface area contributed by atoms with E-state index in [0.29, 0.717) is 39.1 Å². The van der Waals surface area contributed by atoms with E-state index in [1.54, 1.807) is 7.11 Å². The minimum atomic E-state index is -3.19. The molecule has 2 aromatic carbocycles. The molecule has 0 saturated carbocycles. The maximum absolute atomic E-state index is 11.9. The number of nitrogens with one attached hydrogen (secondary N) is 1. The summed E-state index contributed by atoms with van der Waals surface area (Å²) >= 11 is 1.54. The number of carbonyl (C=O) groups is 1. The number of carbonyl (C=O) groups excluding carboxylic acids is 1. The molecular formula is C25H30N4O5S2. The van der Waals surface area contributed by atoms with Crippen LogP contribution in [0.5, 0.6) is 11.5 Å². The van der Waals surface area contributed by atoms with Crippen LogP contribution in [0.1, 0.15) is 13.3 Å². The number of aromatic nitrogens is 1. The highest BCUT2D eigenvalue weighted by Gasteiger charge is 2.29. The number of benzene rings is 2. The second-order valence-corrected chi connectivity index (χ2v) is 12.1. The largest absolute Gasteiger partial charge is 0.495 e. The molecule has 5 rings (SSSR count). The van der Waals surface area contributed by atoms with Gasteiger partial charge in [0.1, 0.15) is 17.6 Å². The molecule has 0 spiro atoms. The molecule has 0 unspecified atom stereocenters. The Labute approximate surface area is 215 Å². The van der Waals surface area contributed by atoms with Crippen molar-refractivity contribution >= 4 is 43.2 Å². The Morgan fingerprint density at radius 1 is 1.11 bits per heavy atom. The van der Waals surface area contributed by atoms with E-state index >= 15 is 0 Å². The van der Waals surface area contributed by atoms with Crippen molar-refractivity contribution in [1.29, 1.82) is 0 Å². The molecule has 36 heavy (non-hydrogen) atoms. The predicted octanol–water partition coefficient (Wildman–Crippen LogP) is 2.96. The molecule has 2 aliphatic rings. The van der Waals surface area contributed by atoms with E-state index < -0.39 is 10.0 Å². The third kappa shape index (κ3) is 5.00. The van der Waals surface area contributed by atoms with Crippen molar-refractivity contribution in [3.63, 3.8) is 0 Å². The summed E-state index contributed by atoms with van der Waals surface area (Å²) in [4.78, 5) is 18.3. The van der Waals surface area contributed by atoms with E-state index in [0.717, 1.165) is 38.5 Å². The summed E-state index contributed by atoms with van der Waals surface area (Å²) in [5.41, 5.74) is 5.54. The maximum Gasteiger partial charge on any atom is 0.220 e. The van der Waals surface area contributed by atoms with Crippen LogP contribution < -0.4 is 19.7 Å². The van der Waals surface area contributed by atoms with E-state index in [1.807, 2.05) is 42.8 Å². The molecule has 0 bridgehead atoms. The average molecular weight is 531 g/mol. The summed E-state index contributed by atoms with van der Waals surface area (Å²) in [5.74, 6) is 1.69. The minimum Gasteiger partial charge on any atom is -0.495 e. The van der Waals surface area contributed by atoms with Gasteiger partial charge in [0.05, 0.1) is 34.8 Å². The molecule has 3 aromatic rings. The quantitative estimate of drug-likeness (QED) is 0.501. The van der Waals surface area contributed by atoms with Gasteiger partial charge >= 0.3 is 0 Å². The van der Waals surface area contributed by atoms with E-state index in [1.165, 1.54) is 21.9 Å². The Kier molecular flexibility index (Phi) is 6.80. The van der Waals surface area contributed by atoms with Crippen molar-refractivity contribution in [2.45, 2.75) is 19.4 Å². The molecule has 11 heteroatoms. The van der Waals surface area contributed by atoms with Crippen LogP contribution in [0.2, 0.25) is 0 Å². The number of hydrogen-bond donors (Lipinski definition) is 1. The molecule has 1 amide bonds. The van der Waals surface area contributed by atoms with E-state index in [2.05, 4.69) is 15.2 Å². The number of rotatable bonds is 7. The Balaban J connectivity index is 1.41. The van der Waals surface area contributed by atoms with Gasteiger partial charge in [-0.1, -0.05) is 6.07 Å². The third-order valence-corrected chi connectivity index (χ3v) is 9.10. The number of nitrogens with zero attached hydrogens (tertiary/aromatic N) is 3. The fourth-order valence-corrected chi connectivity index (χ4v) is 6.38. The molecule has 2 fully saturated rings. The summed E-state index contributed by atoms with van der Waals surface area (Å²) in [6.45, 7) is 4.73.